The largest absolute Gasteiger partial charge is 0.467 e. The molecule has 26 heavy (non-hydrogen) atoms. The number of nitrogens with zero attached hydrogens (tertiary/aromatic N) is 1. The zero-order chi connectivity index (χ0) is 18.7. The third-order valence-corrected chi connectivity index (χ3v) is 4.87. The minimum absolute atomic E-state index is 0.0657. The number of furan rings is 1. The summed E-state index contributed by atoms with van der Waals surface area (Å²) in [5.74, 6) is -1.84. The molecule has 8 heteroatoms. The molecule has 2 atom stereocenters. The van der Waals surface area contributed by atoms with Crippen molar-refractivity contribution >= 4 is 33.4 Å². The van der Waals surface area contributed by atoms with Crippen LogP contribution in [0.15, 0.2) is 45.5 Å². The van der Waals surface area contributed by atoms with Gasteiger partial charge in [-0.2, -0.15) is 0 Å². The SMILES string of the molecule is O=C(Nc1cc(Br)ccc1F)C(=O)N1CCCC1CC(O)c1ccco1. The van der Waals surface area contributed by atoms with E-state index in [0.29, 0.717) is 23.2 Å². The zero-order valence-electron chi connectivity index (χ0n) is 13.8. The molecule has 2 heterocycles. The number of halogens is 2. The van der Waals surface area contributed by atoms with Gasteiger partial charge in [0, 0.05) is 23.5 Å². The van der Waals surface area contributed by atoms with Crippen molar-refractivity contribution in [2.45, 2.75) is 31.4 Å². The molecule has 1 saturated heterocycles. The normalized spacial score (nSPS) is 18.0. The zero-order valence-corrected chi connectivity index (χ0v) is 15.4. The fourth-order valence-electron chi connectivity index (χ4n) is 3.10. The molecule has 2 N–H and O–H groups in total. The minimum Gasteiger partial charge on any atom is -0.467 e. The fraction of sp³-hybridized carbons (Fsp3) is 0.333. The molecule has 2 aromatic rings. The highest BCUT2D eigenvalue weighted by molar-refractivity contribution is 9.10. The lowest BCUT2D eigenvalue weighted by molar-refractivity contribution is -0.144. The van der Waals surface area contributed by atoms with Crippen LogP contribution in [0.1, 0.15) is 31.1 Å². The van der Waals surface area contributed by atoms with Crippen LogP contribution in [0.2, 0.25) is 0 Å². The van der Waals surface area contributed by atoms with Gasteiger partial charge in [0.2, 0.25) is 0 Å². The number of carbonyl (C=O) groups excluding carboxylic acids is 2. The van der Waals surface area contributed by atoms with E-state index in [1.54, 1.807) is 12.1 Å². The van der Waals surface area contributed by atoms with Crippen molar-refractivity contribution in [3.63, 3.8) is 0 Å². The molecule has 6 nitrogen and oxygen atoms in total. The van der Waals surface area contributed by atoms with Crippen molar-refractivity contribution in [1.82, 2.24) is 4.90 Å². The van der Waals surface area contributed by atoms with Gasteiger partial charge in [-0.15, -0.1) is 0 Å². The number of rotatable bonds is 4. The van der Waals surface area contributed by atoms with Gasteiger partial charge >= 0.3 is 11.8 Å². The number of benzene rings is 1. The molecular formula is C18H18BrFN2O4. The Hall–Kier alpha value is -2.19. The Morgan fingerprint density at radius 2 is 2.23 bits per heavy atom. The molecular weight excluding hydrogens is 407 g/mol. The summed E-state index contributed by atoms with van der Waals surface area (Å²) in [6, 6.07) is 7.15. The second-order valence-electron chi connectivity index (χ2n) is 6.14. The maximum atomic E-state index is 13.8. The topological polar surface area (TPSA) is 82.8 Å². The van der Waals surface area contributed by atoms with E-state index in [9.17, 15) is 19.1 Å². The van der Waals surface area contributed by atoms with Crippen molar-refractivity contribution in [3.8, 4) is 0 Å². The Balaban J connectivity index is 1.65. The number of hydrogen-bond acceptors (Lipinski definition) is 4. The number of nitrogens with one attached hydrogen (secondary N) is 1. The first-order chi connectivity index (χ1) is 12.5. The van der Waals surface area contributed by atoms with Crippen molar-refractivity contribution in [2.75, 3.05) is 11.9 Å². The van der Waals surface area contributed by atoms with Crippen molar-refractivity contribution in [2.24, 2.45) is 0 Å². The molecule has 0 spiro atoms. The number of likely N-dealkylation sites (tertiary alicyclic amines) is 1. The molecule has 0 radical (unpaired) electrons. The molecule has 0 saturated carbocycles. The standard InChI is InChI=1S/C18H18BrFN2O4/c19-11-5-6-13(20)14(9-11)21-17(24)18(25)22-7-1-3-12(22)10-15(23)16-4-2-8-26-16/h2,4-6,8-9,12,15,23H,1,3,7,10H2,(H,21,24). The number of amides is 2. The number of aliphatic hydroxyl groups is 1. The molecule has 0 bridgehead atoms. The third kappa shape index (κ3) is 4.13. The molecule has 0 aliphatic carbocycles. The summed E-state index contributed by atoms with van der Waals surface area (Å²) in [5, 5.41) is 12.5. The summed E-state index contributed by atoms with van der Waals surface area (Å²) in [6.07, 6.45) is 2.31. The van der Waals surface area contributed by atoms with Crippen molar-refractivity contribution < 1.29 is 23.5 Å². The van der Waals surface area contributed by atoms with E-state index in [-0.39, 0.29) is 18.2 Å². The van der Waals surface area contributed by atoms with Gasteiger partial charge in [-0.25, -0.2) is 4.39 Å². The fourth-order valence-corrected chi connectivity index (χ4v) is 3.46. The summed E-state index contributed by atoms with van der Waals surface area (Å²) >= 11 is 3.20. The summed E-state index contributed by atoms with van der Waals surface area (Å²) < 4.78 is 19.5. The molecule has 1 aliphatic rings. The maximum Gasteiger partial charge on any atom is 0.313 e. The van der Waals surface area contributed by atoms with Gasteiger partial charge in [0.05, 0.1) is 12.0 Å². The molecule has 2 amide bonds. The highest BCUT2D eigenvalue weighted by Crippen LogP contribution is 2.28. The second-order valence-corrected chi connectivity index (χ2v) is 7.06. The minimum atomic E-state index is -0.901. The van der Waals surface area contributed by atoms with Crippen molar-refractivity contribution in [3.05, 3.63) is 52.6 Å². The van der Waals surface area contributed by atoms with Crippen LogP contribution in [0.5, 0.6) is 0 Å². The molecule has 1 aromatic carbocycles. The summed E-state index contributed by atoms with van der Waals surface area (Å²) in [4.78, 5) is 26.2. The highest BCUT2D eigenvalue weighted by atomic mass is 79.9. The van der Waals surface area contributed by atoms with Gasteiger partial charge in [-0.3, -0.25) is 9.59 Å². The van der Waals surface area contributed by atoms with Gasteiger partial charge in [0.25, 0.3) is 0 Å². The lowest BCUT2D eigenvalue weighted by Crippen LogP contribution is -2.43. The lowest BCUT2D eigenvalue weighted by Gasteiger charge is -2.25. The molecule has 1 aliphatic heterocycles. The molecule has 2 unspecified atom stereocenters. The first-order valence-electron chi connectivity index (χ1n) is 8.24. The van der Waals surface area contributed by atoms with Crippen LogP contribution in [0.4, 0.5) is 10.1 Å². The summed E-state index contributed by atoms with van der Waals surface area (Å²) in [6.45, 7) is 0.419. The lowest BCUT2D eigenvalue weighted by atomic mass is 10.1. The third-order valence-electron chi connectivity index (χ3n) is 4.38. The van der Waals surface area contributed by atoms with Gasteiger partial charge in [0.15, 0.2) is 0 Å². The van der Waals surface area contributed by atoms with E-state index >= 15 is 0 Å². The van der Waals surface area contributed by atoms with E-state index in [1.807, 2.05) is 0 Å². The number of carbonyl (C=O) groups is 2. The average Bonchev–Trinajstić information content (AvgIpc) is 3.29. The van der Waals surface area contributed by atoms with Crippen LogP contribution in [-0.2, 0) is 9.59 Å². The number of anilines is 1. The van der Waals surface area contributed by atoms with E-state index in [4.69, 9.17) is 4.42 Å². The average molecular weight is 425 g/mol. The molecule has 1 aromatic heterocycles. The van der Waals surface area contributed by atoms with E-state index in [1.165, 1.54) is 29.4 Å². The number of aliphatic hydroxyl groups excluding tert-OH is 1. The van der Waals surface area contributed by atoms with Gasteiger partial charge in [-0.05, 0) is 43.2 Å². The predicted molar refractivity (Wildman–Crippen MR) is 95.7 cm³/mol. The highest BCUT2D eigenvalue weighted by Gasteiger charge is 2.34. The second kappa shape index (κ2) is 8.01. The van der Waals surface area contributed by atoms with Gasteiger partial charge < -0.3 is 19.7 Å². The van der Waals surface area contributed by atoms with Crippen LogP contribution in [0, 0.1) is 5.82 Å². The Bertz CT molecular complexity index is 796. The van der Waals surface area contributed by atoms with E-state index in [2.05, 4.69) is 21.2 Å². The van der Waals surface area contributed by atoms with Crippen LogP contribution in [0.3, 0.4) is 0 Å². The maximum absolute atomic E-state index is 13.8. The Kier molecular flexibility index (Phi) is 5.73. The van der Waals surface area contributed by atoms with E-state index < -0.39 is 23.7 Å². The predicted octanol–water partition coefficient (Wildman–Crippen LogP) is 3.23. The molecule has 1 fully saturated rings. The first kappa shape index (κ1) is 18.6. The van der Waals surface area contributed by atoms with Crippen LogP contribution >= 0.6 is 15.9 Å². The summed E-state index contributed by atoms with van der Waals surface area (Å²) in [7, 11) is 0. The molecule has 138 valence electrons. The van der Waals surface area contributed by atoms with Crippen molar-refractivity contribution in [1.29, 1.82) is 0 Å². The molecule has 3 rings (SSSR count). The monoisotopic (exact) mass is 424 g/mol. The first-order valence-corrected chi connectivity index (χ1v) is 9.03. The Labute approximate surface area is 158 Å². The number of hydrogen-bond donors (Lipinski definition) is 2. The van der Waals surface area contributed by atoms with Crippen LogP contribution in [0.25, 0.3) is 0 Å². The summed E-state index contributed by atoms with van der Waals surface area (Å²) in [5.41, 5.74) is -0.0657. The Morgan fingerprint density at radius 1 is 1.42 bits per heavy atom. The quantitative estimate of drug-likeness (QED) is 0.737. The smallest absolute Gasteiger partial charge is 0.313 e. The van der Waals surface area contributed by atoms with E-state index in [0.717, 1.165) is 6.42 Å². The Morgan fingerprint density at radius 3 is 2.96 bits per heavy atom. The van der Waals surface area contributed by atoms with Gasteiger partial charge in [-0.1, -0.05) is 15.9 Å². The van der Waals surface area contributed by atoms with Gasteiger partial charge in [0.1, 0.15) is 17.7 Å². The van der Waals surface area contributed by atoms with Crippen LogP contribution < -0.4 is 5.32 Å². The van der Waals surface area contributed by atoms with Crippen LogP contribution in [-0.4, -0.2) is 34.4 Å².